The number of aryl methyl sites for hydroxylation is 2. The Morgan fingerprint density at radius 2 is 1.91 bits per heavy atom. The van der Waals surface area contributed by atoms with Gasteiger partial charge >= 0.3 is 0 Å². The molecule has 1 aromatic heterocycles. The van der Waals surface area contributed by atoms with Crippen molar-refractivity contribution in [2.45, 2.75) is 50.7 Å². The van der Waals surface area contributed by atoms with Gasteiger partial charge in [0.1, 0.15) is 5.69 Å². The molecule has 0 bridgehead atoms. The standard InChI is InChI=1S/C18H22N2O2S/c21-15-9-7-14(8-10-15)19-18(22)16-12-23-17(20-16)11-6-13-4-2-1-3-5-13/h1-5,12,14-15,21H,6-11H2,(H,19,22). The third-order valence-corrected chi connectivity index (χ3v) is 5.20. The van der Waals surface area contributed by atoms with Crippen LogP contribution >= 0.6 is 11.3 Å². The van der Waals surface area contributed by atoms with Crippen molar-refractivity contribution in [2.24, 2.45) is 0 Å². The first-order valence-corrected chi connectivity index (χ1v) is 9.06. The summed E-state index contributed by atoms with van der Waals surface area (Å²) in [6, 6.07) is 10.5. The first-order chi connectivity index (χ1) is 11.2. The summed E-state index contributed by atoms with van der Waals surface area (Å²) in [5.41, 5.74) is 1.80. The molecule has 5 heteroatoms. The van der Waals surface area contributed by atoms with Crippen LogP contribution in [0.25, 0.3) is 0 Å². The van der Waals surface area contributed by atoms with Crippen LogP contribution in [0.4, 0.5) is 0 Å². The predicted molar refractivity (Wildman–Crippen MR) is 91.7 cm³/mol. The summed E-state index contributed by atoms with van der Waals surface area (Å²) < 4.78 is 0. The number of aromatic nitrogens is 1. The maximum atomic E-state index is 12.3. The molecule has 0 saturated heterocycles. The van der Waals surface area contributed by atoms with Crippen molar-refractivity contribution in [1.82, 2.24) is 10.3 Å². The number of aliphatic hydroxyl groups excluding tert-OH is 1. The molecule has 0 unspecified atom stereocenters. The molecule has 2 aromatic rings. The van der Waals surface area contributed by atoms with Crippen molar-refractivity contribution in [1.29, 1.82) is 0 Å². The number of hydrogen-bond acceptors (Lipinski definition) is 4. The van der Waals surface area contributed by atoms with Crippen LogP contribution in [0.5, 0.6) is 0 Å². The summed E-state index contributed by atoms with van der Waals surface area (Å²) in [5.74, 6) is -0.0893. The van der Waals surface area contributed by atoms with E-state index in [0.717, 1.165) is 43.5 Å². The number of benzene rings is 1. The molecule has 1 aliphatic carbocycles. The summed E-state index contributed by atoms with van der Waals surface area (Å²) in [7, 11) is 0. The Morgan fingerprint density at radius 3 is 2.65 bits per heavy atom. The zero-order valence-corrected chi connectivity index (χ0v) is 13.9. The smallest absolute Gasteiger partial charge is 0.270 e. The largest absolute Gasteiger partial charge is 0.393 e. The van der Waals surface area contributed by atoms with E-state index in [1.165, 1.54) is 5.56 Å². The zero-order valence-electron chi connectivity index (χ0n) is 13.1. The van der Waals surface area contributed by atoms with E-state index in [-0.39, 0.29) is 18.1 Å². The van der Waals surface area contributed by atoms with Gasteiger partial charge in [0.05, 0.1) is 11.1 Å². The van der Waals surface area contributed by atoms with Crippen molar-refractivity contribution in [3.63, 3.8) is 0 Å². The molecule has 23 heavy (non-hydrogen) atoms. The topological polar surface area (TPSA) is 62.2 Å². The molecule has 1 aliphatic rings. The van der Waals surface area contributed by atoms with Crippen molar-refractivity contribution in [3.8, 4) is 0 Å². The third-order valence-electron chi connectivity index (χ3n) is 4.29. The van der Waals surface area contributed by atoms with Gasteiger partial charge in [-0.25, -0.2) is 4.98 Å². The van der Waals surface area contributed by atoms with Crippen LogP contribution in [0.15, 0.2) is 35.7 Å². The number of hydrogen-bond donors (Lipinski definition) is 2. The highest BCUT2D eigenvalue weighted by molar-refractivity contribution is 7.09. The number of carbonyl (C=O) groups is 1. The lowest BCUT2D eigenvalue weighted by Crippen LogP contribution is -2.38. The monoisotopic (exact) mass is 330 g/mol. The number of thiazole rings is 1. The van der Waals surface area contributed by atoms with E-state index in [1.54, 1.807) is 11.3 Å². The summed E-state index contributed by atoms with van der Waals surface area (Å²) in [4.78, 5) is 16.7. The third kappa shape index (κ3) is 4.62. The lowest BCUT2D eigenvalue weighted by Gasteiger charge is -2.25. The maximum absolute atomic E-state index is 12.3. The van der Waals surface area contributed by atoms with Gasteiger partial charge < -0.3 is 10.4 Å². The number of nitrogens with zero attached hydrogens (tertiary/aromatic N) is 1. The molecule has 0 radical (unpaired) electrons. The van der Waals surface area contributed by atoms with Gasteiger partial charge in [-0.05, 0) is 37.7 Å². The SMILES string of the molecule is O=C(NC1CCC(O)CC1)c1csc(CCc2ccccc2)n1. The Bertz CT molecular complexity index is 633. The van der Waals surface area contributed by atoms with Crippen molar-refractivity contribution in [3.05, 3.63) is 52.0 Å². The number of amides is 1. The lowest BCUT2D eigenvalue weighted by molar-refractivity contribution is 0.0863. The molecule has 3 rings (SSSR count). The molecule has 0 atom stereocenters. The first kappa shape index (κ1) is 16.1. The minimum atomic E-state index is -0.202. The van der Waals surface area contributed by atoms with Crippen LogP contribution in [-0.4, -0.2) is 28.1 Å². The van der Waals surface area contributed by atoms with Crippen LogP contribution in [-0.2, 0) is 12.8 Å². The van der Waals surface area contributed by atoms with Crippen LogP contribution in [0, 0.1) is 0 Å². The van der Waals surface area contributed by atoms with Gasteiger partial charge in [-0.15, -0.1) is 11.3 Å². The van der Waals surface area contributed by atoms with Gasteiger partial charge in [0.25, 0.3) is 5.91 Å². The van der Waals surface area contributed by atoms with E-state index in [2.05, 4.69) is 22.4 Å². The number of aliphatic hydroxyl groups is 1. The summed E-state index contributed by atoms with van der Waals surface area (Å²) in [5, 5.41) is 15.4. The molecule has 1 heterocycles. The van der Waals surface area contributed by atoms with Gasteiger partial charge in [-0.2, -0.15) is 0 Å². The van der Waals surface area contributed by atoms with E-state index in [9.17, 15) is 9.90 Å². The van der Waals surface area contributed by atoms with E-state index in [0.29, 0.717) is 5.69 Å². The summed E-state index contributed by atoms with van der Waals surface area (Å²) in [6.07, 6.45) is 4.82. The molecule has 0 aliphatic heterocycles. The Morgan fingerprint density at radius 1 is 1.17 bits per heavy atom. The Hall–Kier alpha value is -1.72. The summed E-state index contributed by atoms with van der Waals surface area (Å²) >= 11 is 1.55. The molecular formula is C18H22N2O2S. The molecular weight excluding hydrogens is 308 g/mol. The van der Waals surface area contributed by atoms with E-state index < -0.39 is 0 Å². The van der Waals surface area contributed by atoms with Crippen LogP contribution in [0.2, 0.25) is 0 Å². The Labute approximate surface area is 140 Å². The minimum absolute atomic E-state index is 0.0893. The second kappa shape index (κ2) is 7.70. The van der Waals surface area contributed by atoms with Crippen molar-refractivity contribution < 1.29 is 9.90 Å². The van der Waals surface area contributed by atoms with Crippen LogP contribution in [0.3, 0.4) is 0 Å². The molecule has 1 amide bonds. The highest BCUT2D eigenvalue weighted by atomic mass is 32.1. The molecule has 122 valence electrons. The fourth-order valence-corrected chi connectivity index (χ4v) is 3.68. The number of carbonyl (C=O) groups excluding carboxylic acids is 1. The second-order valence-electron chi connectivity index (χ2n) is 6.09. The van der Waals surface area contributed by atoms with Gasteiger partial charge in [-0.1, -0.05) is 30.3 Å². The number of rotatable bonds is 5. The highest BCUT2D eigenvalue weighted by Gasteiger charge is 2.22. The fraction of sp³-hybridized carbons (Fsp3) is 0.444. The van der Waals surface area contributed by atoms with E-state index in [4.69, 9.17) is 0 Å². The van der Waals surface area contributed by atoms with Gasteiger partial charge in [0.15, 0.2) is 0 Å². The Kier molecular flexibility index (Phi) is 5.41. The number of nitrogens with one attached hydrogen (secondary N) is 1. The first-order valence-electron chi connectivity index (χ1n) is 8.18. The van der Waals surface area contributed by atoms with Gasteiger partial charge in [-0.3, -0.25) is 4.79 Å². The average Bonchev–Trinajstić information content (AvgIpc) is 3.05. The average molecular weight is 330 g/mol. The van der Waals surface area contributed by atoms with E-state index in [1.807, 2.05) is 23.6 Å². The molecule has 1 saturated carbocycles. The molecule has 1 aromatic carbocycles. The van der Waals surface area contributed by atoms with Crippen molar-refractivity contribution >= 4 is 17.2 Å². The molecule has 1 fully saturated rings. The maximum Gasteiger partial charge on any atom is 0.270 e. The van der Waals surface area contributed by atoms with Gasteiger partial charge in [0.2, 0.25) is 0 Å². The Balaban J connectivity index is 1.51. The van der Waals surface area contributed by atoms with Crippen molar-refractivity contribution in [2.75, 3.05) is 0 Å². The fourth-order valence-electron chi connectivity index (χ4n) is 2.91. The van der Waals surface area contributed by atoms with Crippen LogP contribution in [0.1, 0.15) is 46.7 Å². The zero-order chi connectivity index (χ0) is 16.1. The van der Waals surface area contributed by atoms with Gasteiger partial charge in [0, 0.05) is 17.8 Å². The summed E-state index contributed by atoms with van der Waals surface area (Å²) in [6.45, 7) is 0. The van der Waals surface area contributed by atoms with E-state index >= 15 is 0 Å². The molecule has 4 nitrogen and oxygen atoms in total. The lowest BCUT2D eigenvalue weighted by atomic mass is 9.93. The predicted octanol–water partition coefficient (Wildman–Crippen LogP) is 2.96. The highest BCUT2D eigenvalue weighted by Crippen LogP contribution is 2.19. The molecule has 0 spiro atoms. The van der Waals surface area contributed by atoms with Crippen LogP contribution < -0.4 is 5.32 Å². The minimum Gasteiger partial charge on any atom is -0.393 e. The normalized spacial score (nSPS) is 21.1. The quantitative estimate of drug-likeness (QED) is 0.886. The molecule has 2 N–H and O–H groups in total. The second-order valence-corrected chi connectivity index (χ2v) is 7.03.